The van der Waals surface area contributed by atoms with Gasteiger partial charge in [0.1, 0.15) is 6.54 Å². The average Bonchev–Trinajstić information content (AvgIpc) is 3.24. The van der Waals surface area contributed by atoms with Gasteiger partial charge in [0.25, 0.3) is 0 Å². The minimum Gasteiger partial charge on any atom is -0.336 e. The summed E-state index contributed by atoms with van der Waals surface area (Å²) in [6, 6.07) is 7.51. The fraction of sp³-hybridized carbons (Fsp3) is 0.412. The highest BCUT2D eigenvalue weighted by Gasteiger charge is 2.27. The highest BCUT2D eigenvalue weighted by molar-refractivity contribution is 5.80. The van der Waals surface area contributed by atoms with Gasteiger partial charge < -0.3 is 9.88 Å². The smallest absolute Gasteiger partial charge is 0.326 e. The van der Waals surface area contributed by atoms with Gasteiger partial charge in [-0.1, -0.05) is 17.3 Å². The van der Waals surface area contributed by atoms with Crippen LogP contribution in [0, 0.1) is 0 Å². The number of fused-ring (bicyclic) bond motifs is 1. The van der Waals surface area contributed by atoms with E-state index in [1.54, 1.807) is 17.1 Å². The Bertz CT molecular complexity index is 926. The summed E-state index contributed by atoms with van der Waals surface area (Å²) in [6.07, 6.45) is 6.47. The largest absolute Gasteiger partial charge is 0.336 e. The van der Waals surface area contributed by atoms with Crippen molar-refractivity contribution in [3.8, 4) is 0 Å². The van der Waals surface area contributed by atoms with E-state index >= 15 is 0 Å². The van der Waals surface area contributed by atoms with Gasteiger partial charge >= 0.3 is 5.69 Å². The number of imidazole rings is 1. The number of nitrogens with zero attached hydrogens (tertiary/aromatic N) is 5. The number of H-pyrrole nitrogens is 1. The lowest BCUT2D eigenvalue weighted by Crippen LogP contribution is -2.47. The monoisotopic (exact) mass is 340 g/mol. The van der Waals surface area contributed by atoms with Gasteiger partial charge in [0.15, 0.2) is 0 Å². The van der Waals surface area contributed by atoms with Crippen LogP contribution in [0.3, 0.4) is 0 Å². The number of para-hydroxylation sites is 2. The number of piperidine rings is 1. The van der Waals surface area contributed by atoms with Gasteiger partial charge in [0, 0.05) is 12.7 Å². The van der Waals surface area contributed by atoms with Gasteiger partial charge in [-0.05, 0) is 31.4 Å². The van der Waals surface area contributed by atoms with E-state index in [-0.39, 0.29) is 24.2 Å². The van der Waals surface area contributed by atoms with Crippen molar-refractivity contribution >= 4 is 16.9 Å². The van der Waals surface area contributed by atoms with Crippen LogP contribution in [-0.2, 0) is 17.9 Å². The molecule has 0 spiro atoms. The number of aromatic nitrogens is 5. The quantitative estimate of drug-likeness (QED) is 0.767. The normalized spacial score (nSPS) is 17.9. The van der Waals surface area contributed by atoms with Crippen molar-refractivity contribution in [3.05, 3.63) is 47.1 Å². The third-order valence-corrected chi connectivity index (χ3v) is 4.79. The van der Waals surface area contributed by atoms with E-state index in [4.69, 9.17) is 0 Å². The molecule has 1 aromatic carbocycles. The summed E-state index contributed by atoms with van der Waals surface area (Å²) in [5, 5.41) is 7.83. The number of hydrogen-bond acceptors (Lipinski definition) is 4. The van der Waals surface area contributed by atoms with Gasteiger partial charge in [-0.25, -0.2) is 4.79 Å². The van der Waals surface area contributed by atoms with Crippen LogP contribution in [0.25, 0.3) is 11.0 Å². The zero-order valence-electron chi connectivity index (χ0n) is 13.8. The first-order chi connectivity index (χ1) is 12.2. The molecule has 0 radical (unpaired) electrons. The van der Waals surface area contributed by atoms with E-state index in [0.717, 1.165) is 36.8 Å². The number of carbonyl (C=O) groups excluding carboxylic acids is 1. The van der Waals surface area contributed by atoms with Crippen LogP contribution in [0.1, 0.15) is 19.3 Å². The Balaban J connectivity index is 1.56. The van der Waals surface area contributed by atoms with Crippen molar-refractivity contribution in [2.75, 3.05) is 6.54 Å². The fourth-order valence-corrected chi connectivity index (χ4v) is 3.55. The Morgan fingerprint density at radius 1 is 1.28 bits per heavy atom. The average molecular weight is 340 g/mol. The second-order valence-electron chi connectivity index (χ2n) is 6.40. The molecule has 0 saturated carbocycles. The number of rotatable bonds is 4. The first-order valence-electron chi connectivity index (χ1n) is 8.53. The Morgan fingerprint density at radius 2 is 2.16 bits per heavy atom. The molecule has 25 heavy (non-hydrogen) atoms. The minimum atomic E-state index is -0.251. The third kappa shape index (κ3) is 3.07. The second kappa shape index (κ2) is 6.54. The molecular weight excluding hydrogens is 320 g/mol. The van der Waals surface area contributed by atoms with E-state index in [1.165, 1.54) is 4.57 Å². The summed E-state index contributed by atoms with van der Waals surface area (Å²) in [5.74, 6) is -0.0309. The molecule has 1 saturated heterocycles. The molecule has 1 atom stereocenters. The SMILES string of the molecule is O=C(Cn1c(=O)[nH]c2ccccc21)N1CCCC[C@@H]1Cn1ccnn1. The first-order valence-corrected chi connectivity index (χ1v) is 8.53. The maximum atomic E-state index is 12.9. The lowest BCUT2D eigenvalue weighted by atomic mass is 10.0. The van der Waals surface area contributed by atoms with Gasteiger partial charge in [0.05, 0.1) is 29.8 Å². The lowest BCUT2D eigenvalue weighted by molar-refractivity contribution is -0.135. The van der Waals surface area contributed by atoms with Crippen LogP contribution in [0.4, 0.5) is 0 Å². The summed E-state index contributed by atoms with van der Waals surface area (Å²) in [6.45, 7) is 1.40. The lowest BCUT2D eigenvalue weighted by Gasteiger charge is -2.35. The number of amides is 1. The van der Waals surface area contributed by atoms with E-state index in [2.05, 4.69) is 15.3 Å². The zero-order chi connectivity index (χ0) is 17.2. The molecule has 1 aliphatic rings. The molecule has 3 heterocycles. The van der Waals surface area contributed by atoms with Crippen molar-refractivity contribution in [3.63, 3.8) is 0 Å². The highest BCUT2D eigenvalue weighted by atomic mass is 16.2. The van der Waals surface area contributed by atoms with E-state index < -0.39 is 0 Å². The third-order valence-electron chi connectivity index (χ3n) is 4.79. The number of likely N-dealkylation sites (tertiary alicyclic amines) is 1. The van der Waals surface area contributed by atoms with Crippen LogP contribution in [0.2, 0.25) is 0 Å². The predicted molar refractivity (Wildman–Crippen MR) is 91.9 cm³/mol. The Morgan fingerprint density at radius 3 is 3.00 bits per heavy atom. The number of nitrogens with one attached hydrogen (secondary N) is 1. The molecule has 1 aliphatic heterocycles. The maximum absolute atomic E-state index is 12.9. The van der Waals surface area contributed by atoms with Crippen molar-refractivity contribution < 1.29 is 4.79 Å². The number of benzene rings is 1. The summed E-state index contributed by atoms with van der Waals surface area (Å²) in [5.41, 5.74) is 1.25. The number of aromatic amines is 1. The Kier molecular flexibility index (Phi) is 4.09. The molecule has 0 aliphatic carbocycles. The van der Waals surface area contributed by atoms with Crippen LogP contribution in [0.15, 0.2) is 41.5 Å². The molecule has 3 aromatic rings. The molecule has 0 bridgehead atoms. The molecule has 1 amide bonds. The van der Waals surface area contributed by atoms with Crippen molar-refractivity contribution in [1.29, 1.82) is 0 Å². The summed E-state index contributed by atoms with van der Waals surface area (Å²) in [7, 11) is 0. The Hall–Kier alpha value is -2.90. The van der Waals surface area contributed by atoms with Crippen molar-refractivity contribution in [2.24, 2.45) is 0 Å². The summed E-state index contributed by atoms with van der Waals surface area (Å²) < 4.78 is 3.27. The molecule has 130 valence electrons. The van der Waals surface area contributed by atoms with Gasteiger partial charge in [-0.15, -0.1) is 5.10 Å². The van der Waals surface area contributed by atoms with Gasteiger partial charge in [-0.2, -0.15) is 0 Å². The topological polar surface area (TPSA) is 88.8 Å². The summed E-state index contributed by atoms with van der Waals surface area (Å²) >= 11 is 0. The predicted octanol–water partition coefficient (Wildman–Crippen LogP) is 1.00. The molecule has 0 unspecified atom stereocenters. The summed E-state index contributed by atoms with van der Waals surface area (Å²) in [4.78, 5) is 29.8. The highest BCUT2D eigenvalue weighted by Crippen LogP contribution is 2.19. The van der Waals surface area contributed by atoms with E-state index in [0.29, 0.717) is 6.54 Å². The van der Waals surface area contributed by atoms with Gasteiger partial charge in [-0.3, -0.25) is 14.0 Å². The first kappa shape index (κ1) is 15.6. The van der Waals surface area contributed by atoms with E-state index in [9.17, 15) is 9.59 Å². The Labute approximate surface area is 144 Å². The fourth-order valence-electron chi connectivity index (χ4n) is 3.55. The van der Waals surface area contributed by atoms with Crippen LogP contribution in [0.5, 0.6) is 0 Å². The minimum absolute atomic E-state index is 0.0309. The zero-order valence-corrected chi connectivity index (χ0v) is 13.8. The van der Waals surface area contributed by atoms with Crippen LogP contribution >= 0.6 is 0 Å². The number of hydrogen-bond donors (Lipinski definition) is 1. The molecule has 1 fully saturated rings. The van der Waals surface area contributed by atoms with Crippen molar-refractivity contribution in [1.82, 2.24) is 29.4 Å². The van der Waals surface area contributed by atoms with E-state index in [1.807, 2.05) is 29.2 Å². The maximum Gasteiger partial charge on any atom is 0.326 e. The van der Waals surface area contributed by atoms with Crippen LogP contribution < -0.4 is 5.69 Å². The van der Waals surface area contributed by atoms with Crippen LogP contribution in [-0.4, -0.2) is 47.9 Å². The standard InChI is InChI=1S/C17H20N6O2/c24-16(12-23-15-7-2-1-6-14(15)19-17(23)25)22-9-4-3-5-13(22)11-21-10-8-18-20-21/h1-2,6-8,10,13H,3-5,9,11-12H2,(H,19,25)/t13-/m1/s1. The molecule has 8 heteroatoms. The molecule has 1 N–H and O–H groups in total. The molecule has 2 aromatic heterocycles. The number of carbonyl (C=O) groups is 1. The van der Waals surface area contributed by atoms with Crippen molar-refractivity contribution in [2.45, 2.75) is 38.4 Å². The molecular formula is C17H20N6O2. The molecule has 8 nitrogen and oxygen atoms in total. The second-order valence-corrected chi connectivity index (χ2v) is 6.40. The molecule has 4 rings (SSSR count). The van der Waals surface area contributed by atoms with Gasteiger partial charge in [0.2, 0.25) is 5.91 Å².